The van der Waals surface area contributed by atoms with Gasteiger partial charge in [-0.15, -0.1) is 16.5 Å². The van der Waals surface area contributed by atoms with Gasteiger partial charge in [-0.2, -0.15) is 0 Å². The van der Waals surface area contributed by atoms with Gasteiger partial charge in [-0.3, -0.25) is 14.4 Å². The van der Waals surface area contributed by atoms with Crippen molar-refractivity contribution in [1.82, 2.24) is 4.72 Å². The summed E-state index contributed by atoms with van der Waals surface area (Å²) in [4.78, 5) is 36.1. The minimum atomic E-state index is -1.46. The molecule has 2 unspecified atom stereocenters. The normalized spacial score (nSPS) is 34.2. The van der Waals surface area contributed by atoms with Gasteiger partial charge >= 0.3 is 17.9 Å². The number of nitrogens with one attached hydrogen (secondary N) is 1. The number of rotatable bonds is 5. The first-order chi connectivity index (χ1) is 15.8. The highest BCUT2D eigenvalue weighted by atomic mass is 32.2. The van der Waals surface area contributed by atoms with E-state index in [1.165, 1.54) is 32.5 Å². The first-order valence-corrected chi connectivity index (χ1v) is 13.6. The summed E-state index contributed by atoms with van der Waals surface area (Å²) in [6.07, 6.45) is 1.80. The Morgan fingerprint density at radius 3 is 2.15 bits per heavy atom. The van der Waals surface area contributed by atoms with E-state index in [4.69, 9.17) is 18.9 Å². The van der Waals surface area contributed by atoms with Crippen molar-refractivity contribution in [2.75, 3.05) is 5.75 Å². The van der Waals surface area contributed by atoms with Crippen molar-refractivity contribution in [3.8, 4) is 0 Å². The maximum Gasteiger partial charge on any atom is 0.303 e. The van der Waals surface area contributed by atoms with Gasteiger partial charge in [0.2, 0.25) is 0 Å². The Hall–Kier alpha value is -1.27. The molecule has 2 aliphatic heterocycles. The number of carbonyl (C=O) groups excluding carboxylic acids is 3. The fraction of sp³-hybridized carbons (Fsp3) is 0.783. The number of ether oxygens (including phenoxy) is 4. The van der Waals surface area contributed by atoms with Gasteiger partial charge in [0, 0.05) is 32.1 Å². The molecule has 0 saturated carbocycles. The first-order valence-electron chi connectivity index (χ1n) is 11.4. The summed E-state index contributed by atoms with van der Waals surface area (Å²) in [7, 11) is 0. The molecule has 0 amide bonds. The molecule has 2 bridgehead atoms. The molecule has 1 fully saturated rings. The zero-order valence-corrected chi connectivity index (χ0v) is 22.5. The Morgan fingerprint density at radius 1 is 1.03 bits per heavy atom. The lowest BCUT2D eigenvalue weighted by Gasteiger charge is -2.47. The minimum absolute atomic E-state index is 0.165. The van der Waals surface area contributed by atoms with Gasteiger partial charge in [0.25, 0.3) is 0 Å². The first kappa shape index (κ1) is 29.0. The maximum absolute atomic E-state index is 13.1. The quantitative estimate of drug-likeness (QED) is 0.251. The molecule has 2 rings (SSSR count). The molecule has 0 radical (unpaired) electrons. The highest BCUT2D eigenvalue weighted by Crippen LogP contribution is 2.38. The standard InChI is InChI=1S/C23H37NO8S2/c1-13-11-9-8-10-12-33-22-21(31-16(4)27)20(30-15(3)26)19(29-14(2)25)18(32-22)17(13)24-34(28)23(5,6)7/h9,11,13,17-22,24H,8,10,12H2,1-7H3/b11-9+/t13?,17-,18-,19+,20+,21-,22-,34?/m1/s1. The zero-order valence-electron chi connectivity index (χ0n) is 20.9. The van der Waals surface area contributed by atoms with Crippen LogP contribution in [0.3, 0.4) is 0 Å². The third kappa shape index (κ3) is 8.15. The summed E-state index contributed by atoms with van der Waals surface area (Å²) in [5.74, 6) is -1.23. The number of carbonyl (C=O) groups is 3. The summed E-state index contributed by atoms with van der Waals surface area (Å²) in [6, 6.07) is -0.557. The Balaban J connectivity index is 2.60. The fourth-order valence-electron chi connectivity index (χ4n) is 3.83. The van der Waals surface area contributed by atoms with Crippen LogP contribution in [0.15, 0.2) is 12.2 Å². The summed E-state index contributed by atoms with van der Waals surface area (Å²) in [5.41, 5.74) is -0.678. The average molecular weight is 520 g/mol. The molecule has 0 aromatic rings. The summed E-state index contributed by atoms with van der Waals surface area (Å²) in [6.45, 7) is 11.3. The van der Waals surface area contributed by atoms with Crippen molar-refractivity contribution in [2.24, 2.45) is 5.92 Å². The molecule has 34 heavy (non-hydrogen) atoms. The molecule has 1 N–H and O–H groups in total. The van der Waals surface area contributed by atoms with Gasteiger partial charge in [-0.05, 0) is 45.3 Å². The van der Waals surface area contributed by atoms with E-state index in [9.17, 15) is 18.9 Å². The molecule has 2 heterocycles. The van der Waals surface area contributed by atoms with E-state index in [1.807, 2.05) is 33.8 Å². The lowest BCUT2D eigenvalue weighted by molar-refractivity contribution is -0.236. The molecule has 0 aliphatic carbocycles. The van der Waals surface area contributed by atoms with Gasteiger partial charge in [0.1, 0.15) is 16.3 Å². The second-order valence-corrected chi connectivity index (χ2v) is 12.7. The molecule has 0 aromatic carbocycles. The minimum Gasteiger partial charge on any atom is -0.598 e. The van der Waals surface area contributed by atoms with E-state index in [0.717, 1.165) is 12.8 Å². The van der Waals surface area contributed by atoms with Crippen molar-refractivity contribution in [2.45, 2.75) is 102 Å². The van der Waals surface area contributed by atoms with E-state index in [2.05, 4.69) is 10.8 Å². The van der Waals surface area contributed by atoms with Gasteiger partial charge in [0.15, 0.2) is 18.3 Å². The maximum atomic E-state index is 13.1. The van der Waals surface area contributed by atoms with Gasteiger partial charge in [0.05, 0.1) is 6.04 Å². The van der Waals surface area contributed by atoms with E-state index < -0.39 is 69.9 Å². The lowest BCUT2D eigenvalue weighted by atomic mass is 9.88. The van der Waals surface area contributed by atoms with Crippen LogP contribution in [0.2, 0.25) is 0 Å². The van der Waals surface area contributed by atoms with Crippen LogP contribution in [0.1, 0.15) is 61.3 Å². The van der Waals surface area contributed by atoms with E-state index in [0.29, 0.717) is 5.75 Å². The summed E-state index contributed by atoms with van der Waals surface area (Å²) < 4.78 is 39.0. The van der Waals surface area contributed by atoms with Crippen LogP contribution in [0.4, 0.5) is 0 Å². The van der Waals surface area contributed by atoms with Gasteiger partial charge < -0.3 is 23.5 Å². The molecule has 9 nitrogen and oxygen atoms in total. The van der Waals surface area contributed by atoms with Gasteiger partial charge in [-0.1, -0.05) is 19.1 Å². The smallest absolute Gasteiger partial charge is 0.303 e. The molecule has 2 aliphatic rings. The monoisotopic (exact) mass is 519 g/mol. The van der Waals surface area contributed by atoms with E-state index in [1.54, 1.807) is 0 Å². The Bertz CT molecular complexity index is 756. The highest BCUT2D eigenvalue weighted by molar-refractivity contribution is 7.99. The fourth-order valence-corrected chi connectivity index (χ4v) is 5.95. The van der Waals surface area contributed by atoms with Crippen LogP contribution in [-0.2, 0) is 44.7 Å². The molecule has 194 valence electrons. The molecule has 11 heteroatoms. The van der Waals surface area contributed by atoms with E-state index in [-0.39, 0.29) is 5.92 Å². The predicted octanol–water partition coefficient (Wildman–Crippen LogP) is 2.65. The highest BCUT2D eigenvalue weighted by Gasteiger charge is 2.55. The van der Waals surface area contributed by atoms with E-state index >= 15 is 0 Å². The number of allylic oxidation sites excluding steroid dienone is 1. The average Bonchev–Trinajstić information content (AvgIpc) is 2.72. The number of esters is 3. The Labute approximate surface area is 209 Å². The third-order valence-corrected chi connectivity index (χ3v) is 8.22. The van der Waals surface area contributed by atoms with Gasteiger partial charge in [-0.25, -0.2) is 0 Å². The van der Waals surface area contributed by atoms with Crippen LogP contribution in [0.5, 0.6) is 0 Å². The molecule has 0 aromatic heterocycles. The number of fused-ring (bicyclic) bond motifs is 2. The summed E-state index contributed by atoms with van der Waals surface area (Å²) >= 11 is -0.0195. The van der Waals surface area contributed by atoms with Crippen molar-refractivity contribution < 1.29 is 37.9 Å². The number of thioether (sulfide) groups is 1. The topological polar surface area (TPSA) is 123 Å². The van der Waals surface area contributed by atoms with Crippen LogP contribution in [-0.4, -0.2) is 68.9 Å². The second kappa shape index (κ2) is 12.6. The zero-order chi connectivity index (χ0) is 25.6. The lowest BCUT2D eigenvalue weighted by Crippen LogP contribution is -2.66. The molecule has 0 spiro atoms. The predicted molar refractivity (Wildman–Crippen MR) is 130 cm³/mol. The Morgan fingerprint density at radius 2 is 1.59 bits per heavy atom. The van der Waals surface area contributed by atoms with Crippen LogP contribution < -0.4 is 4.72 Å². The molecular weight excluding hydrogens is 482 g/mol. The van der Waals surface area contributed by atoms with Crippen LogP contribution in [0.25, 0.3) is 0 Å². The second-order valence-electron chi connectivity index (χ2n) is 9.52. The SMILES string of the molecule is CC(=O)O[C@@H]1[C@H](OC(C)=O)[C@@H](OC(C)=O)[C@@H]2O[C@@H]1[C@H](N[S+]([O-])C(C)(C)C)C(C)/C=C/CCCS2. The molecular formula is C23H37NO8S2. The Kier molecular flexibility index (Phi) is 10.7. The molecule has 1 saturated heterocycles. The number of hydrogen-bond acceptors (Lipinski definition) is 10. The van der Waals surface area contributed by atoms with Crippen molar-refractivity contribution in [1.29, 1.82) is 0 Å². The van der Waals surface area contributed by atoms with Crippen molar-refractivity contribution >= 4 is 41.0 Å². The van der Waals surface area contributed by atoms with Crippen molar-refractivity contribution in [3.63, 3.8) is 0 Å². The largest absolute Gasteiger partial charge is 0.598 e. The third-order valence-electron chi connectivity index (χ3n) is 5.39. The number of hydrogen-bond donors (Lipinski definition) is 1. The van der Waals surface area contributed by atoms with Crippen LogP contribution >= 0.6 is 11.8 Å². The molecule has 8 atom stereocenters. The van der Waals surface area contributed by atoms with Crippen molar-refractivity contribution in [3.05, 3.63) is 12.2 Å². The van der Waals surface area contributed by atoms with Crippen LogP contribution in [0, 0.1) is 5.92 Å². The summed E-state index contributed by atoms with van der Waals surface area (Å²) in [5, 5.41) is 0.